The van der Waals surface area contributed by atoms with E-state index < -0.39 is 11.9 Å². The number of fused-ring (bicyclic) bond motifs is 1. The van der Waals surface area contributed by atoms with Gasteiger partial charge in [0.1, 0.15) is 5.78 Å². The molecular weight excluding hydrogens is 316 g/mol. The first kappa shape index (κ1) is 19.1. The van der Waals surface area contributed by atoms with E-state index in [9.17, 15) is 9.90 Å². The minimum absolute atomic E-state index is 0.0545. The number of carbonyl (C=O) groups excluding carboxylic acids is 1. The number of rotatable bonds is 6. The summed E-state index contributed by atoms with van der Waals surface area (Å²) in [7, 11) is 0. The second-order valence-corrected chi connectivity index (χ2v) is 9.10. The van der Waals surface area contributed by atoms with Gasteiger partial charge in [-0.2, -0.15) is 0 Å². The number of Topliss-reactive ketones (excluding diaryl/α,β-unsaturated/α-hetero) is 1. The van der Waals surface area contributed by atoms with E-state index in [2.05, 4.69) is 20.8 Å². The van der Waals surface area contributed by atoms with Crippen molar-refractivity contribution < 1.29 is 19.4 Å². The van der Waals surface area contributed by atoms with Crippen molar-refractivity contribution in [2.45, 2.75) is 77.6 Å². The standard InChI is InChI=1S/C21H34O4/c1-4-5-6-7-8-9-17(22)19-16-12-21(11-15(16)10-18(19)23)24-13-20(2,3)14-25-21/h8-9,15-17,19,22H,4-7,10-14H2,1-3H3/b9-8+/t15-,16+,17+,19+/m1/s1. The van der Waals surface area contributed by atoms with E-state index in [-0.39, 0.29) is 23.0 Å². The summed E-state index contributed by atoms with van der Waals surface area (Å²) in [6.45, 7) is 7.88. The summed E-state index contributed by atoms with van der Waals surface area (Å²) in [5.41, 5.74) is 0.0545. The normalized spacial score (nSPS) is 34.7. The Balaban J connectivity index is 1.60. The number of aliphatic hydroxyl groups is 1. The Morgan fingerprint density at radius 2 is 1.96 bits per heavy atom. The number of hydrogen-bond donors (Lipinski definition) is 1. The second-order valence-electron chi connectivity index (χ2n) is 9.10. The van der Waals surface area contributed by atoms with Crippen LogP contribution in [0, 0.1) is 23.2 Å². The molecule has 0 amide bonds. The quantitative estimate of drug-likeness (QED) is 0.584. The molecule has 2 aliphatic carbocycles. The topological polar surface area (TPSA) is 55.8 Å². The highest BCUT2D eigenvalue weighted by Gasteiger charge is 2.58. The van der Waals surface area contributed by atoms with Crippen molar-refractivity contribution in [2.24, 2.45) is 23.2 Å². The van der Waals surface area contributed by atoms with Gasteiger partial charge in [-0.15, -0.1) is 0 Å². The van der Waals surface area contributed by atoms with Gasteiger partial charge in [-0.25, -0.2) is 0 Å². The van der Waals surface area contributed by atoms with Crippen molar-refractivity contribution >= 4 is 5.78 Å². The third-order valence-electron chi connectivity index (χ3n) is 6.15. The molecule has 0 bridgehead atoms. The molecule has 0 radical (unpaired) electrons. The third-order valence-corrected chi connectivity index (χ3v) is 6.15. The number of aliphatic hydroxyl groups excluding tert-OH is 1. The summed E-state index contributed by atoms with van der Waals surface area (Å²) in [5.74, 6) is -0.111. The molecule has 3 rings (SSSR count). The van der Waals surface area contributed by atoms with Crippen LogP contribution >= 0.6 is 0 Å². The molecule has 0 aromatic heterocycles. The molecule has 4 heteroatoms. The largest absolute Gasteiger partial charge is 0.388 e. The van der Waals surface area contributed by atoms with Crippen LogP contribution in [0.2, 0.25) is 0 Å². The minimum Gasteiger partial charge on any atom is -0.388 e. The van der Waals surface area contributed by atoms with Gasteiger partial charge < -0.3 is 14.6 Å². The maximum atomic E-state index is 12.5. The predicted octanol–water partition coefficient (Wildman–Crippen LogP) is 3.87. The molecule has 1 saturated heterocycles. The molecule has 2 saturated carbocycles. The Labute approximate surface area is 152 Å². The van der Waals surface area contributed by atoms with Crippen molar-refractivity contribution in [3.05, 3.63) is 12.2 Å². The number of allylic oxidation sites excluding steroid dienone is 1. The van der Waals surface area contributed by atoms with Crippen molar-refractivity contribution in [1.29, 1.82) is 0 Å². The molecule has 3 aliphatic rings. The monoisotopic (exact) mass is 350 g/mol. The Bertz CT molecular complexity index is 500. The van der Waals surface area contributed by atoms with Crippen molar-refractivity contribution in [3.8, 4) is 0 Å². The highest BCUT2D eigenvalue weighted by molar-refractivity contribution is 5.85. The summed E-state index contributed by atoms with van der Waals surface area (Å²) >= 11 is 0. The molecule has 142 valence electrons. The Morgan fingerprint density at radius 1 is 1.24 bits per heavy atom. The van der Waals surface area contributed by atoms with E-state index in [1.54, 1.807) is 0 Å². The van der Waals surface area contributed by atoms with Crippen LogP contribution in [0.4, 0.5) is 0 Å². The summed E-state index contributed by atoms with van der Waals surface area (Å²) < 4.78 is 12.3. The molecule has 1 spiro atoms. The van der Waals surface area contributed by atoms with Crippen LogP contribution in [0.5, 0.6) is 0 Å². The van der Waals surface area contributed by atoms with Gasteiger partial charge >= 0.3 is 0 Å². The number of ether oxygens (including phenoxy) is 2. The molecule has 1 heterocycles. The number of carbonyl (C=O) groups is 1. The smallest absolute Gasteiger partial charge is 0.168 e. The molecule has 0 aromatic carbocycles. The van der Waals surface area contributed by atoms with Gasteiger partial charge in [-0.1, -0.05) is 45.8 Å². The molecule has 4 nitrogen and oxygen atoms in total. The summed E-state index contributed by atoms with van der Waals surface area (Å²) in [6, 6.07) is 0. The molecule has 0 unspecified atom stereocenters. The highest BCUT2D eigenvalue weighted by atomic mass is 16.7. The van der Waals surface area contributed by atoms with Crippen LogP contribution in [-0.2, 0) is 14.3 Å². The van der Waals surface area contributed by atoms with E-state index in [4.69, 9.17) is 9.47 Å². The Morgan fingerprint density at radius 3 is 2.64 bits per heavy atom. The maximum Gasteiger partial charge on any atom is 0.168 e. The summed E-state index contributed by atoms with van der Waals surface area (Å²) in [6.07, 6.45) is 9.84. The van der Waals surface area contributed by atoms with E-state index in [0.717, 1.165) is 25.7 Å². The van der Waals surface area contributed by atoms with E-state index in [1.165, 1.54) is 12.8 Å². The van der Waals surface area contributed by atoms with Crippen LogP contribution in [0.1, 0.15) is 65.7 Å². The van der Waals surface area contributed by atoms with Crippen molar-refractivity contribution in [1.82, 2.24) is 0 Å². The van der Waals surface area contributed by atoms with Crippen LogP contribution in [0.15, 0.2) is 12.2 Å². The molecular formula is C21H34O4. The Hall–Kier alpha value is -0.710. The first-order valence-electron chi connectivity index (χ1n) is 10.0. The maximum absolute atomic E-state index is 12.5. The van der Waals surface area contributed by atoms with Crippen molar-refractivity contribution in [2.75, 3.05) is 13.2 Å². The fourth-order valence-corrected chi connectivity index (χ4v) is 4.72. The molecule has 25 heavy (non-hydrogen) atoms. The lowest BCUT2D eigenvalue weighted by Gasteiger charge is -2.42. The number of unbranched alkanes of at least 4 members (excludes halogenated alkanes) is 3. The van der Waals surface area contributed by atoms with Crippen LogP contribution in [-0.4, -0.2) is 36.0 Å². The van der Waals surface area contributed by atoms with Gasteiger partial charge in [-0.05, 0) is 24.7 Å². The zero-order chi connectivity index (χ0) is 18.1. The second kappa shape index (κ2) is 7.50. The average Bonchev–Trinajstić information content (AvgIpc) is 3.03. The number of hydrogen-bond acceptors (Lipinski definition) is 4. The summed E-state index contributed by atoms with van der Waals surface area (Å²) in [5, 5.41) is 10.6. The lowest BCUT2D eigenvalue weighted by Crippen LogP contribution is -2.46. The van der Waals surface area contributed by atoms with E-state index in [0.29, 0.717) is 25.6 Å². The van der Waals surface area contributed by atoms with Gasteiger partial charge in [0.05, 0.1) is 25.2 Å². The number of ketones is 1. The van der Waals surface area contributed by atoms with E-state index in [1.807, 2.05) is 12.2 Å². The lowest BCUT2D eigenvalue weighted by atomic mass is 9.86. The third kappa shape index (κ3) is 4.17. The molecule has 4 atom stereocenters. The lowest BCUT2D eigenvalue weighted by molar-refractivity contribution is -0.297. The van der Waals surface area contributed by atoms with Gasteiger partial charge in [-0.3, -0.25) is 4.79 Å². The summed E-state index contributed by atoms with van der Waals surface area (Å²) in [4.78, 5) is 12.5. The first-order chi connectivity index (χ1) is 11.9. The SMILES string of the molecule is CCCCC/C=C/[C@H](O)[C@H]1C(=O)C[C@@H]2CC3(C[C@@H]21)OCC(C)(C)CO3. The van der Waals surface area contributed by atoms with Crippen molar-refractivity contribution in [3.63, 3.8) is 0 Å². The van der Waals surface area contributed by atoms with Gasteiger partial charge in [0.25, 0.3) is 0 Å². The fourth-order valence-electron chi connectivity index (χ4n) is 4.72. The first-order valence-corrected chi connectivity index (χ1v) is 10.0. The Kier molecular flexibility index (Phi) is 5.72. The van der Waals surface area contributed by atoms with Crippen LogP contribution < -0.4 is 0 Å². The average molecular weight is 350 g/mol. The van der Waals surface area contributed by atoms with Gasteiger partial charge in [0.2, 0.25) is 0 Å². The van der Waals surface area contributed by atoms with Crippen LogP contribution in [0.25, 0.3) is 0 Å². The zero-order valence-corrected chi connectivity index (χ0v) is 16.0. The molecule has 0 aromatic rings. The highest BCUT2D eigenvalue weighted by Crippen LogP contribution is 2.54. The molecule has 3 fully saturated rings. The van der Waals surface area contributed by atoms with E-state index >= 15 is 0 Å². The zero-order valence-electron chi connectivity index (χ0n) is 16.0. The fraction of sp³-hybridized carbons (Fsp3) is 0.857. The molecule has 1 N–H and O–H groups in total. The van der Waals surface area contributed by atoms with Crippen LogP contribution in [0.3, 0.4) is 0 Å². The minimum atomic E-state index is -0.667. The van der Waals surface area contributed by atoms with Gasteiger partial charge in [0, 0.05) is 24.7 Å². The molecule has 1 aliphatic heterocycles. The van der Waals surface area contributed by atoms with Gasteiger partial charge in [0.15, 0.2) is 5.79 Å². The predicted molar refractivity (Wildman–Crippen MR) is 97.0 cm³/mol.